The van der Waals surface area contributed by atoms with Crippen LogP contribution in [0.25, 0.3) is 11.0 Å². The van der Waals surface area contributed by atoms with E-state index in [1.807, 2.05) is 25.1 Å². The number of H-pyrrole nitrogens is 1. The number of anilines is 1. The molecule has 3 aromatic rings. The third-order valence-electron chi connectivity index (χ3n) is 3.83. The minimum absolute atomic E-state index is 0.228. The number of fused-ring (bicyclic) bond motifs is 1. The van der Waals surface area contributed by atoms with Crippen LogP contribution < -0.4 is 14.4 Å². The van der Waals surface area contributed by atoms with Gasteiger partial charge in [0.15, 0.2) is 17.3 Å². The molecule has 1 aromatic carbocycles. The van der Waals surface area contributed by atoms with Crippen LogP contribution in [0.2, 0.25) is 5.02 Å². The molecule has 0 bridgehead atoms. The number of methoxy groups -OCH3 is 2. The average molecular weight is 395 g/mol. The second-order valence-corrected chi connectivity index (χ2v) is 7.55. The largest absolute Gasteiger partial charge is 0.609 e. The van der Waals surface area contributed by atoms with Gasteiger partial charge in [-0.2, -0.15) is 4.98 Å². The Kier molecular flexibility index (Phi) is 5.45. The average Bonchev–Trinajstić information content (AvgIpc) is 3.04. The van der Waals surface area contributed by atoms with Crippen molar-refractivity contribution in [3.8, 4) is 11.5 Å². The first-order chi connectivity index (χ1) is 12.4. The normalized spacial score (nSPS) is 12.2. The molecule has 7 nitrogen and oxygen atoms in total. The van der Waals surface area contributed by atoms with Gasteiger partial charge < -0.3 is 18.9 Å². The topological polar surface area (TPSA) is 86.3 Å². The van der Waals surface area contributed by atoms with Crippen molar-refractivity contribution in [2.45, 2.75) is 10.9 Å². The van der Waals surface area contributed by atoms with Crippen LogP contribution in [0.15, 0.2) is 29.6 Å². The number of nitrogens with one attached hydrogen (secondary N) is 1. The summed E-state index contributed by atoms with van der Waals surface area (Å²) in [6, 6.07) is 5.34. The van der Waals surface area contributed by atoms with Crippen molar-refractivity contribution in [2.24, 2.45) is 0 Å². The highest BCUT2D eigenvalue weighted by molar-refractivity contribution is 7.90. The van der Waals surface area contributed by atoms with Gasteiger partial charge in [0.1, 0.15) is 0 Å². The van der Waals surface area contributed by atoms with Gasteiger partial charge in [-0.25, -0.2) is 0 Å². The van der Waals surface area contributed by atoms with Crippen molar-refractivity contribution in [1.29, 1.82) is 0 Å². The van der Waals surface area contributed by atoms with Crippen molar-refractivity contribution in [2.75, 3.05) is 33.2 Å². The monoisotopic (exact) mass is 394 g/mol. The summed E-state index contributed by atoms with van der Waals surface area (Å²) in [5, 5.41) is 0.922. The molecule has 0 aliphatic rings. The van der Waals surface area contributed by atoms with E-state index in [9.17, 15) is 4.55 Å². The molecule has 0 saturated heterocycles. The van der Waals surface area contributed by atoms with Gasteiger partial charge in [-0.1, -0.05) is 11.6 Å². The maximum atomic E-state index is 12.7. The van der Waals surface area contributed by atoms with Crippen LogP contribution in [0.1, 0.15) is 5.69 Å². The summed E-state index contributed by atoms with van der Waals surface area (Å²) < 4.78 is 23.3. The number of hydrogen-bond acceptors (Lipinski definition) is 6. The van der Waals surface area contributed by atoms with E-state index in [0.717, 1.165) is 11.2 Å². The minimum atomic E-state index is -1.38. The first kappa shape index (κ1) is 18.6. The quantitative estimate of drug-likeness (QED) is 0.647. The number of aromatic amines is 1. The second-order valence-electron chi connectivity index (χ2n) is 5.78. The van der Waals surface area contributed by atoms with Crippen molar-refractivity contribution in [1.82, 2.24) is 15.0 Å². The number of ether oxygens (including phenoxy) is 2. The maximum Gasteiger partial charge on any atom is 0.322 e. The Morgan fingerprint density at radius 2 is 1.88 bits per heavy atom. The lowest BCUT2D eigenvalue weighted by atomic mass is 10.3. The highest BCUT2D eigenvalue weighted by atomic mass is 35.5. The molecule has 9 heteroatoms. The molecule has 0 spiro atoms. The Morgan fingerprint density at radius 3 is 2.54 bits per heavy atom. The summed E-state index contributed by atoms with van der Waals surface area (Å²) in [5.41, 5.74) is 2.88. The lowest BCUT2D eigenvalue weighted by Crippen LogP contribution is -2.12. The minimum Gasteiger partial charge on any atom is -0.609 e. The fourth-order valence-corrected chi connectivity index (χ4v) is 3.77. The Labute approximate surface area is 159 Å². The standard InChI is InChI=1S/C17H19ClN4O3S/c1-22(2)14-5-10(19-8-11(14)18)9-26(23)17-20-12-6-15(24-3)16(25-4)7-13(12)21-17/h5-8H,9H2,1-4H3,(H,20,21). The molecule has 0 amide bonds. The molecule has 3 rings (SSSR count). The summed E-state index contributed by atoms with van der Waals surface area (Å²) >= 11 is 4.75. The molecule has 0 radical (unpaired) electrons. The maximum absolute atomic E-state index is 12.7. The third kappa shape index (κ3) is 3.67. The zero-order valence-electron chi connectivity index (χ0n) is 14.9. The first-order valence-electron chi connectivity index (χ1n) is 7.74. The molecule has 26 heavy (non-hydrogen) atoms. The van der Waals surface area contributed by atoms with Crippen molar-refractivity contribution in [3.63, 3.8) is 0 Å². The number of pyridine rings is 1. The zero-order chi connectivity index (χ0) is 18.8. The molecule has 1 unspecified atom stereocenters. The molecule has 0 aliphatic carbocycles. The van der Waals surface area contributed by atoms with E-state index < -0.39 is 11.2 Å². The number of nitrogens with zero attached hydrogens (tertiary/aromatic N) is 3. The second kappa shape index (κ2) is 7.61. The first-order valence-corrected chi connectivity index (χ1v) is 9.44. The number of hydrogen-bond donors (Lipinski definition) is 1. The van der Waals surface area contributed by atoms with E-state index in [1.165, 1.54) is 0 Å². The predicted molar refractivity (Wildman–Crippen MR) is 103 cm³/mol. The van der Waals surface area contributed by atoms with Gasteiger partial charge in [-0.05, 0) is 6.07 Å². The molecule has 1 atom stereocenters. The molecular formula is C17H19ClN4O3S. The number of imidazole rings is 1. The van der Waals surface area contributed by atoms with Crippen LogP contribution in [0.5, 0.6) is 11.5 Å². The van der Waals surface area contributed by atoms with Crippen molar-refractivity contribution in [3.05, 3.63) is 35.1 Å². The smallest absolute Gasteiger partial charge is 0.322 e. The molecule has 0 saturated carbocycles. The van der Waals surface area contributed by atoms with E-state index >= 15 is 0 Å². The highest BCUT2D eigenvalue weighted by Crippen LogP contribution is 2.32. The number of rotatable bonds is 6. The Bertz CT molecular complexity index is 891. The van der Waals surface area contributed by atoms with Crippen LogP contribution in [-0.4, -0.2) is 47.8 Å². The lowest BCUT2D eigenvalue weighted by Gasteiger charge is -2.15. The van der Waals surface area contributed by atoms with E-state index in [4.69, 9.17) is 21.1 Å². The van der Waals surface area contributed by atoms with Gasteiger partial charge in [-0.3, -0.25) is 9.97 Å². The molecule has 0 fully saturated rings. The van der Waals surface area contributed by atoms with E-state index in [1.54, 1.807) is 32.5 Å². The molecular weight excluding hydrogens is 376 g/mol. The lowest BCUT2D eigenvalue weighted by molar-refractivity contribution is 0.356. The third-order valence-corrected chi connectivity index (χ3v) is 5.31. The van der Waals surface area contributed by atoms with Crippen LogP contribution in [0.3, 0.4) is 0 Å². The fraction of sp³-hybridized carbons (Fsp3) is 0.294. The van der Waals surface area contributed by atoms with Crippen molar-refractivity contribution >= 4 is 39.5 Å². The van der Waals surface area contributed by atoms with Crippen LogP contribution in [-0.2, 0) is 16.9 Å². The zero-order valence-corrected chi connectivity index (χ0v) is 16.4. The summed E-state index contributed by atoms with van der Waals surface area (Å²) in [6.45, 7) is 0. The number of benzene rings is 1. The Balaban J connectivity index is 1.88. The van der Waals surface area contributed by atoms with Gasteiger partial charge in [-0.15, -0.1) is 0 Å². The van der Waals surface area contributed by atoms with Crippen LogP contribution >= 0.6 is 11.6 Å². The fourth-order valence-electron chi connectivity index (χ4n) is 2.52. The van der Waals surface area contributed by atoms with Crippen LogP contribution in [0, 0.1) is 0 Å². The van der Waals surface area contributed by atoms with Gasteiger partial charge >= 0.3 is 5.16 Å². The van der Waals surface area contributed by atoms with Gasteiger partial charge in [0.2, 0.25) is 0 Å². The summed E-state index contributed by atoms with van der Waals surface area (Å²) in [6.07, 6.45) is 1.57. The Morgan fingerprint density at radius 1 is 1.19 bits per heavy atom. The molecule has 2 aromatic heterocycles. The molecule has 0 aliphatic heterocycles. The SMILES string of the molecule is COc1cc2nc([S+]([O-])Cc3cc(N(C)C)c(Cl)cn3)[nH]c2cc1OC. The van der Waals surface area contributed by atoms with E-state index in [-0.39, 0.29) is 5.75 Å². The molecule has 1 N–H and O–H groups in total. The van der Waals surface area contributed by atoms with E-state index in [0.29, 0.717) is 32.9 Å². The van der Waals surface area contributed by atoms with Gasteiger partial charge in [0, 0.05) is 43.6 Å². The van der Waals surface area contributed by atoms with Crippen molar-refractivity contribution < 1.29 is 14.0 Å². The summed E-state index contributed by atoms with van der Waals surface area (Å²) in [5.74, 6) is 1.38. The molecule has 2 heterocycles. The highest BCUT2D eigenvalue weighted by Gasteiger charge is 2.20. The van der Waals surface area contributed by atoms with Crippen LogP contribution in [0.4, 0.5) is 5.69 Å². The predicted octanol–water partition coefficient (Wildman–Crippen LogP) is 3.00. The Hall–Kier alpha value is -2.16. The number of aromatic nitrogens is 3. The van der Waals surface area contributed by atoms with Gasteiger partial charge in [0.05, 0.1) is 41.7 Å². The van der Waals surface area contributed by atoms with Gasteiger partial charge in [0.25, 0.3) is 0 Å². The summed E-state index contributed by atoms with van der Waals surface area (Å²) in [4.78, 5) is 13.6. The summed E-state index contributed by atoms with van der Waals surface area (Å²) in [7, 11) is 6.90. The molecule has 138 valence electrons. The van der Waals surface area contributed by atoms with E-state index in [2.05, 4.69) is 15.0 Å². The number of halogens is 1.